The van der Waals surface area contributed by atoms with Gasteiger partial charge in [-0.15, -0.1) is 0 Å². The fourth-order valence-corrected chi connectivity index (χ4v) is 2.16. The average Bonchev–Trinajstić information content (AvgIpc) is 2.78. The van der Waals surface area contributed by atoms with Crippen molar-refractivity contribution in [1.29, 1.82) is 0 Å². The van der Waals surface area contributed by atoms with Crippen molar-refractivity contribution in [1.82, 2.24) is 15.5 Å². The highest BCUT2D eigenvalue weighted by Crippen LogP contribution is 2.21. The van der Waals surface area contributed by atoms with E-state index in [0.29, 0.717) is 17.1 Å². The third kappa shape index (κ3) is 2.62. The highest BCUT2D eigenvalue weighted by molar-refractivity contribution is 5.98. The molecule has 0 aliphatic heterocycles. The molecule has 0 bridgehead atoms. The van der Waals surface area contributed by atoms with Gasteiger partial charge in [-0.2, -0.15) is 0 Å². The summed E-state index contributed by atoms with van der Waals surface area (Å²) >= 11 is 0. The monoisotopic (exact) mass is 275 g/mol. The number of anilines is 1. The second-order valence-electron chi connectivity index (χ2n) is 4.48. The lowest BCUT2D eigenvalue weighted by Gasteiger charge is -2.15. The number of rotatable bonds is 4. The Morgan fingerprint density at radius 2 is 2.20 bits per heavy atom. The quantitative estimate of drug-likeness (QED) is 0.576. The zero-order chi connectivity index (χ0) is 14.7. The number of aromatic nitrogens is 2. The smallest absolute Gasteiger partial charge is 0.255 e. The molecule has 4 N–H and O–H groups in total. The molecule has 1 atom stereocenters. The number of carbonyl (C=O) groups is 1. The molecule has 0 spiro atoms. The lowest BCUT2D eigenvalue weighted by molar-refractivity contribution is 0.0940. The summed E-state index contributed by atoms with van der Waals surface area (Å²) in [6.07, 6.45) is 1.56. The number of pyridine rings is 1. The highest BCUT2D eigenvalue weighted by atomic mass is 16.5. The Bertz CT molecular complexity index is 603. The normalized spacial score (nSPS) is 12.0. The molecule has 0 radical (unpaired) electrons. The van der Waals surface area contributed by atoms with Gasteiger partial charge >= 0.3 is 0 Å². The molecule has 0 aliphatic rings. The van der Waals surface area contributed by atoms with E-state index in [4.69, 9.17) is 10.4 Å². The van der Waals surface area contributed by atoms with Crippen LogP contribution in [0.15, 0.2) is 22.9 Å². The number of amides is 1. The Morgan fingerprint density at radius 1 is 1.45 bits per heavy atom. The van der Waals surface area contributed by atoms with E-state index < -0.39 is 0 Å². The Morgan fingerprint density at radius 3 is 2.80 bits per heavy atom. The number of nitrogens with one attached hydrogen (secondary N) is 2. The van der Waals surface area contributed by atoms with E-state index in [9.17, 15) is 4.79 Å². The number of carbonyl (C=O) groups excluding carboxylic acids is 1. The van der Waals surface area contributed by atoms with Crippen LogP contribution in [0, 0.1) is 13.8 Å². The first kappa shape index (κ1) is 14.0. The predicted octanol–water partition coefficient (Wildman–Crippen LogP) is 1.46. The first-order chi connectivity index (χ1) is 9.54. The van der Waals surface area contributed by atoms with Crippen LogP contribution in [-0.4, -0.2) is 16.0 Å². The van der Waals surface area contributed by atoms with Crippen molar-refractivity contribution in [3.05, 3.63) is 40.9 Å². The molecule has 2 aromatic heterocycles. The number of aryl methyl sites for hydroxylation is 2. The second kappa shape index (κ2) is 5.70. The third-order valence-electron chi connectivity index (χ3n) is 3.06. The van der Waals surface area contributed by atoms with Crippen LogP contribution < -0.4 is 16.6 Å². The maximum atomic E-state index is 12.3. The van der Waals surface area contributed by atoms with E-state index in [2.05, 4.69) is 20.9 Å². The van der Waals surface area contributed by atoms with Crippen molar-refractivity contribution in [2.24, 2.45) is 5.84 Å². The van der Waals surface area contributed by atoms with Gasteiger partial charge in [-0.25, -0.2) is 10.8 Å². The topological polar surface area (TPSA) is 106 Å². The van der Waals surface area contributed by atoms with Gasteiger partial charge in [0.2, 0.25) is 0 Å². The van der Waals surface area contributed by atoms with E-state index in [1.54, 1.807) is 18.3 Å². The van der Waals surface area contributed by atoms with E-state index in [1.807, 2.05) is 20.8 Å². The third-order valence-corrected chi connectivity index (χ3v) is 3.06. The van der Waals surface area contributed by atoms with Crippen molar-refractivity contribution in [3.8, 4) is 0 Å². The minimum Gasteiger partial charge on any atom is -0.361 e. The average molecular weight is 275 g/mol. The van der Waals surface area contributed by atoms with Gasteiger partial charge in [-0.1, -0.05) is 5.16 Å². The Labute approximate surface area is 116 Å². The molecule has 2 aromatic rings. The van der Waals surface area contributed by atoms with Crippen molar-refractivity contribution >= 4 is 11.7 Å². The summed E-state index contributed by atoms with van der Waals surface area (Å²) in [7, 11) is 0. The van der Waals surface area contributed by atoms with Crippen LogP contribution in [-0.2, 0) is 0 Å². The Hall–Kier alpha value is -2.41. The number of nitrogens with two attached hydrogens (primary N) is 1. The molecular formula is C13H17N5O2. The SMILES string of the molecule is Cc1noc(C)c1C(C)NC(=O)c1cccnc1NN. The molecule has 0 saturated heterocycles. The summed E-state index contributed by atoms with van der Waals surface area (Å²) in [4.78, 5) is 16.3. The summed E-state index contributed by atoms with van der Waals surface area (Å²) in [5, 5.41) is 6.76. The van der Waals surface area contributed by atoms with Crippen molar-refractivity contribution in [3.63, 3.8) is 0 Å². The molecule has 0 aromatic carbocycles. The van der Waals surface area contributed by atoms with Crippen LogP contribution in [0.3, 0.4) is 0 Å². The van der Waals surface area contributed by atoms with Gasteiger partial charge in [0.25, 0.3) is 5.91 Å². The van der Waals surface area contributed by atoms with Gasteiger partial charge < -0.3 is 15.3 Å². The van der Waals surface area contributed by atoms with E-state index in [0.717, 1.165) is 11.3 Å². The number of hydrogen-bond acceptors (Lipinski definition) is 6. The maximum Gasteiger partial charge on any atom is 0.255 e. The van der Waals surface area contributed by atoms with E-state index in [1.165, 1.54) is 0 Å². The van der Waals surface area contributed by atoms with Crippen LogP contribution in [0.5, 0.6) is 0 Å². The van der Waals surface area contributed by atoms with Gasteiger partial charge in [0.1, 0.15) is 5.76 Å². The molecule has 7 nitrogen and oxygen atoms in total. The molecular weight excluding hydrogens is 258 g/mol. The van der Waals surface area contributed by atoms with Gasteiger partial charge in [0.05, 0.1) is 17.3 Å². The second-order valence-corrected chi connectivity index (χ2v) is 4.48. The molecule has 106 valence electrons. The van der Waals surface area contributed by atoms with Gasteiger partial charge in [0, 0.05) is 11.8 Å². The van der Waals surface area contributed by atoms with Gasteiger partial charge in [-0.05, 0) is 32.9 Å². The molecule has 1 amide bonds. The summed E-state index contributed by atoms with van der Waals surface area (Å²) in [6.45, 7) is 5.52. The summed E-state index contributed by atoms with van der Waals surface area (Å²) < 4.78 is 5.10. The van der Waals surface area contributed by atoms with Crippen LogP contribution in [0.1, 0.15) is 40.3 Å². The number of nitrogens with zero attached hydrogens (tertiary/aromatic N) is 2. The first-order valence-electron chi connectivity index (χ1n) is 6.19. The molecule has 2 heterocycles. The Kier molecular flexibility index (Phi) is 3.99. The Balaban J connectivity index is 2.20. The zero-order valence-electron chi connectivity index (χ0n) is 11.6. The fraction of sp³-hybridized carbons (Fsp3) is 0.308. The fourth-order valence-electron chi connectivity index (χ4n) is 2.16. The summed E-state index contributed by atoms with van der Waals surface area (Å²) in [5.74, 6) is 6.10. The summed E-state index contributed by atoms with van der Waals surface area (Å²) in [6, 6.07) is 3.10. The van der Waals surface area contributed by atoms with Crippen LogP contribution in [0.25, 0.3) is 0 Å². The van der Waals surface area contributed by atoms with Crippen molar-refractivity contribution in [2.45, 2.75) is 26.8 Å². The van der Waals surface area contributed by atoms with E-state index in [-0.39, 0.29) is 11.9 Å². The zero-order valence-corrected chi connectivity index (χ0v) is 11.6. The minimum atomic E-state index is -0.265. The molecule has 0 fully saturated rings. The molecule has 7 heteroatoms. The van der Waals surface area contributed by atoms with Crippen LogP contribution in [0.2, 0.25) is 0 Å². The minimum absolute atomic E-state index is 0.223. The van der Waals surface area contributed by atoms with Crippen molar-refractivity contribution in [2.75, 3.05) is 5.43 Å². The summed E-state index contributed by atoms with van der Waals surface area (Å²) in [5.41, 5.74) is 4.43. The van der Waals surface area contributed by atoms with Gasteiger partial charge in [0.15, 0.2) is 5.82 Å². The number of nitrogen functional groups attached to an aromatic ring is 1. The predicted molar refractivity (Wildman–Crippen MR) is 73.9 cm³/mol. The van der Waals surface area contributed by atoms with Crippen LogP contribution in [0.4, 0.5) is 5.82 Å². The number of hydrogen-bond donors (Lipinski definition) is 3. The van der Waals surface area contributed by atoms with Gasteiger partial charge in [-0.3, -0.25) is 4.79 Å². The maximum absolute atomic E-state index is 12.3. The first-order valence-corrected chi connectivity index (χ1v) is 6.19. The van der Waals surface area contributed by atoms with E-state index >= 15 is 0 Å². The standard InChI is InChI=1S/C13H17N5O2/c1-7(11-8(2)18-20-9(11)3)16-13(19)10-5-4-6-15-12(10)17-14/h4-7H,14H2,1-3H3,(H,15,17)(H,16,19). The van der Waals surface area contributed by atoms with Crippen molar-refractivity contribution < 1.29 is 9.32 Å². The highest BCUT2D eigenvalue weighted by Gasteiger charge is 2.20. The number of hydrazine groups is 1. The van der Waals surface area contributed by atoms with Crippen LogP contribution >= 0.6 is 0 Å². The lowest BCUT2D eigenvalue weighted by Crippen LogP contribution is -2.28. The largest absolute Gasteiger partial charge is 0.361 e. The lowest BCUT2D eigenvalue weighted by atomic mass is 10.1. The molecule has 0 saturated carbocycles. The molecule has 20 heavy (non-hydrogen) atoms. The molecule has 1 unspecified atom stereocenters. The molecule has 0 aliphatic carbocycles. The molecule has 2 rings (SSSR count).